The molecule has 7 heteroatoms. The first-order valence-electron chi connectivity index (χ1n) is 6.90. The SMILES string of the molecule is N#Cc1c(Cl)nsc1N1CCC(Oc2ccccc2I)CC1. The smallest absolute Gasteiger partial charge is 0.162 e. The molecule has 1 aliphatic rings. The van der Waals surface area contributed by atoms with Crippen molar-refractivity contribution >= 4 is 50.7 Å². The molecule has 0 N–H and O–H groups in total. The molecule has 0 aliphatic carbocycles. The van der Waals surface area contributed by atoms with Crippen LogP contribution in [0.3, 0.4) is 0 Å². The molecule has 114 valence electrons. The largest absolute Gasteiger partial charge is 0.489 e. The first-order chi connectivity index (χ1) is 10.7. The summed E-state index contributed by atoms with van der Waals surface area (Å²) >= 11 is 9.53. The van der Waals surface area contributed by atoms with Gasteiger partial charge >= 0.3 is 0 Å². The lowest BCUT2D eigenvalue weighted by molar-refractivity contribution is 0.170. The highest BCUT2D eigenvalue weighted by molar-refractivity contribution is 14.1. The quantitative estimate of drug-likeness (QED) is 0.660. The fourth-order valence-corrected chi connectivity index (χ4v) is 4.06. The fraction of sp³-hybridized carbons (Fsp3) is 0.333. The predicted molar refractivity (Wildman–Crippen MR) is 96.9 cm³/mol. The Labute approximate surface area is 152 Å². The maximum absolute atomic E-state index is 9.18. The molecule has 0 atom stereocenters. The second kappa shape index (κ2) is 7.02. The lowest BCUT2D eigenvalue weighted by Gasteiger charge is -2.32. The summed E-state index contributed by atoms with van der Waals surface area (Å²) in [7, 11) is 0. The van der Waals surface area contributed by atoms with Crippen LogP contribution in [0.25, 0.3) is 0 Å². The van der Waals surface area contributed by atoms with Crippen molar-refractivity contribution in [3.05, 3.63) is 38.6 Å². The number of hydrogen-bond acceptors (Lipinski definition) is 5. The van der Waals surface area contributed by atoms with Gasteiger partial charge in [-0.25, -0.2) is 0 Å². The first kappa shape index (κ1) is 15.8. The summed E-state index contributed by atoms with van der Waals surface area (Å²) in [6, 6.07) is 10.2. The number of anilines is 1. The van der Waals surface area contributed by atoms with E-state index < -0.39 is 0 Å². The average molecular weight is 446 g/mol. The summed E-state index contributed by atoms with van der Waals surface area (Å²) in [6.45, 7) is 1.70. The number of hydrogen-bond donors (Lipinski definition) is 0. The molecule has 2 heterocycles. The Morgan fingerprint density at radius 3 is 2.77 bits per heavy atom. The maximum atomic E-state index is 9.18. The van der Waals surface area contributed by atoms with Crippen molar-refractivity contribution in [2.45, 2.75) is 18.9 Å². The molecule has 1 aliphatic heterocycles. The molecular formula is C15H13ClIN3OS. The topological polar surface area (TPSA) is 49.2 Å². The third-order valence-corrected chi connectivity index (χ3v) is 5.78. The van der Waals surface area contributed by atoms with Gasteiger partial charge in [0.25, 0.3) is 0 Å². The zero-order valence-electron chi connectivity index (χ0n) is 11.6. The standard InChI is InChI=1S/C15H13ClIN3OS/c16-14-11(9-18)15(22-19-14)20-7-5-10(6-8-20)21-13-4-2-1-3-12(13)17/h1-4,10H,5-8H2. The Bertz CT molecular complexity index is 707. The molecular weight excluding hydrogens is 433 g/mol. The molecule has 0 amide bonds. The Balaban J connectivity index is 1.63. The highest BCUT2D eigenvalue weighted by Gasteiger charge is 2.25. The van der Waals surface area contributed by atoms with E-state index in [0.29, 0.717) is 10.7 Å². The van der Waals surface area contributed by atoms with E-state index in [-0.39, 0.29) is 6.10 Å². The van der Waals surface area contributed by atoms with Crippen LogP contribution in [0.4, 0.5) is 5.00 Å². The Morgan fingerprint density at radius 1 is 1.36 bits per heavy atom. The van der Waals surface area contributed by atoms with Gasteiger partial charge in [0.05, 0.1) is 3.57 Å². The Kier molecular flexibility index (Phi) is 5.06. The normalized spacial score (nSPS) is 15.6. The summed E-state index contributed by atoms with van der Waals surface area (Å²) in [5.41, 5.74) is 0.489. The second-order valence-electron chi connectivity index (χ2n) is 5.00. The number of halogens is 2. The van der Waals surface area contributed by atoms with Gasteiger partial charge in [-0.2, -0.15) is 9.64 Å². The molecule has 2 aromatic rings. The van der Waals surface area contributed by atoms with Crippen molar-refractivity contribution in [3.8, 4) is 11.8 Å². The van der Waals surface area contributed by atoms with Gasteiger partial charge in [-0.1, -0.05) is 23.7 Å². The van der Waals surface area contributed by atoms with Gasteiger partial charge in [0.15, 0.2) is 5.15 Å². The van der Waals surface area contributed by atoms with Gasteiger partial charge in [0.1, 0.15) is 28.5 Å². The van der Waals surface area contributed by atoms with Crippen LogP contribution in [0, 0.1) is 14.9 Å². The molecule has 1 aromatic carbocycles. The van der Waals surface area contributed by atoms with Crippen LogP contribution >= 0.6 is 45.7 Å². The molecule has 1 aromatic heterocycles. The van der Waals surface area contributed by atoms with E-state index in [0.717, 1.165) is 40.3 Å². The van der Waals surface area contributed by atoms with E-state index in [9.17, 15) is 5.26 Å². The van der Waals surface area contributed by atoms with Gasteiger partial charge in [-0.3, -0.25) is 0 Å². The maximum Gasteiger partial charge on any atom is 0.162 e. The van der Waals surface area contributed by atoms with Gasteiger partial charge in [0, 0.05) is 25.9 Å². The molecule has 22 heavy (non-hydrogen) atoms. The molecule has 1 fully saturated rings. The number of benzene rings is 1. The van der Waals surface area contributed by atoms with Gasteiger partial charge in [-0.15, -0.1) is 0 Å². The molecule has 4 nitrogen and oxygen atoms in total. The van der Waals surface area contributed by atoms with Crippen LogP contribution in [-0.2, 0) is 0 Å². The van der Waals surface area contributed by atoms with Crippen molar-refractivity contribution in [2.24, 2.45) is 0 Å². The zero-order chi connectivity index (χ0) is 15.5. The third kappa shape index (κ3) is 3.31. The number of rotatable bonds is 3. The molecule has 1 saturated heterocycles. The summed E-state index contributed by atoms with van der Waals surface area (Å²) in [4.78, 5) is 2.18. The molecule has 0 bridgehead atoms. The Morgan fingerprint density at radius 2 is 2.09 bits per heavy atom. The predicted octanol–water partition coefficient (Wildman–Crippen LogP) is 4.32. The summed E-state index contributed by atoms with van der Waals surface area (Å²) in [5.74, 6) is 0.945. The van der Waals surface area contributed by atoms with Gasteiger partial charge in [0.2, 0.25) is 0 Å². The molecule has 0 spiro atoms. The van der Waals surface area contributed by atoms with E-state index in [4.69, 9.17) is 16.3 Å². The highest BCUT2D eigenvalue weighted by Crippen LogP contribution is 2.33. The number of aromatic nitrogens is 1. The van der Waals surface area contributed by atoms with Crippen LogP contribution in [0.15, 0.2) is 24.3 Å². The van der Waals surface area contributed by atoms with Crippen molar-refractivity contribution in [1.82, 2.24) is 4.37 Å². The number of nitriles is 1. The minimum absolute atomic E-state index is 0.209. The van der Waals surface area contributed by atoms with E-state index in [1.807, 2.05) is 24.3 Å². The van der Waals surface area contributed by atoms with Crippen LogP contribution in [-0.4, -0.2) is 23.6 Å². The van der Waals surface area contributed by atoms with Crippen molar-refractivity contribution in [2.75, 3.05) is 18.0 Å². The number of ether oxygens (including phenoxy) is 1. The zero-order valence-corrected chi connectivity index (χ0v) is 15.4. The van der Waals surface area contributed by atoms with Crippen LogP contribution in [0.2, 0.25) is 5.15 Å². The lowest BCUT2D eigenvalue weighted by atomic mass is 10.1. The second-order valence-corrected chi connectivity index (χ2v) is 7.27. The fourth-order valence-electron chi connectivity index (χ4n) is 2.47. The Hall–Kier alpha value is -1.04. The van der Waals surface area contributed by atoms with Gasteiger partial charge in [-0.05, 0) is 46.3 Å². The third-order valence-electron chi connectivity index (χ3n) is 3.60. The summed E-state index contributed by atoms with van der Waals surface area (Å²) in [6.07, 6.45) is 2.05. The molecule has 0 radical (unpaired) electrons. The number of nitrogens with zero attached hydrogens (tertiary/aromatic N) is 3. The number of piperidine rings is 1. The molecule has 0 unspecified atom stereocenters. The number of para-hydroxylation sites is 1. The first-order valence-corrected chi connectivity index (χ1v) is 9.13. The van der Waals surface area contributed by atoms with Crippen molar-refractivity contribution < 1.29 is 4.74 Å². The molecule has 0 saturated carbocycles. The summed E-state index contributed by atoms with van der Waals surface area (Å²) in [5, 5.41) is 10.4. The monoisotopic (exact) mass is 445 g/mol. The van der Waals surface area contributed by atoms with E-state index in [1.54, 1.807) is 0 Å². The summed E-state index contributed by atoms with van der Waals surface area (Å²) < 4.78 is 11.3. The minimum Gasteiger partial charge on any atom is -0.489 e. The van der Waals surface area contributed by atoms with Crippen LogP contribution in [0.5, 0.6) is 5.75 Å². The van der Waals surface area contributed by atoms with E-state index in [2.05, 4.69) is 37.9 Å². The van der Waals surface area contributed by atoms with Crippen molar-refractivity contribution in [1.29, 1.82) is 5.26 Å². The minimum atomic E-state index is 0.209. The van der Waals surface area contributed by atoms with Gasteiger partial charge < -0.3 is 9.64 Å². The van der Waals surface area contributed by atoms with Crippen molar-refractivity contribution in [3.63, 3.8) is 0 Å². The highest BCUT2D eigenvalue weighted by atomic mass is 127. The lowest BCUT2D eigenvalue weighted by Crippen LogP contribution is -2.38. The van der Waals surface area contributed by atoms with Crippen LogP contribution in [0.1, 0.15) is 18.4 Å². The van der Waals surface area contributed by atoms with E-state index in [1.165, 1.54) is 11.5 Å². The molecule has 3 rings (SSSR count). The average Bonchev–Trinajstić information content (AvgIpc) is 2.91. The van der Waals surface area contributed by atoms with E-state index >= 15 is 0 Å². The van der Waals surface area contributed by atoms with Crippen LogP contribution < -0.4 is 9.64 Å².